The number of hydrogen-bond acceptors (Lipinski definition) is 4. The zero-order valence-electron chi connectivity index (χ0n) is 13.7. The minimum Gasteiger partial charge on any atom is -0.489 e. The van der Waals surface area contributed by atoms with Gasteiger partial charge < -0.3 is 9.47 Å². The third-order valence-corrected chi connectivity index (χ3v) is 3.38. The third-order valence-electron chi connectivity index (χ3n) is 3.38. The molecule has 0 radical (unpaired) electrons. The van der Waals surface area contributed by atoms with Crippen molar-refractivity contribution in [1.29, 1.82) is 0 Å². The Morgan fingerprint density at radius 3 is 2.50 bits per heavy atom. The van der Waals surface area contributed by atoms with Crippen LogP contribution >= 0.6 is 0 Å². The number of carbonyl (C=O) groups excluding carboxylic acids is 2. The molecule has 4 heteroatoms. The van der Waals surface area contributed by atoms with E-state index in [1.165, 1.54) is 0 Å². The molecular weight excluding hydrogens is 304 g/mol. The van der Waals surface area contributed by atoms with E-state index >= 15 is 0 Å². The van der Waals surface area contributed by atoms with E-state index in [4.69, 9.17) is 9.47 Å². The summed E-state index contributed by atoms with van der Waals surface area (Å²) in [4.78, 5) is 24.3. The number of ether oxygens (including phenoxy) is 2. The van der Waals surface area contributed by atoms with Crippen LogP contribution in [0.2, 0.25) is 0 Å². The summed E-state index contributed by atoms with van der Waals surface area (Å²) in [5.74, 6) is -0.272. The molecule has 0 unspecified atom stereocenters. The van der Waals surface area contributed by atoms with Crippen molar-refractivity contribution in [1.82, 2.24) is 0 Å². The highest BCUT2D eigenvalue weighted by atomic mass is 16.6. The van der Waals surface area contributed by atoms with E-state index in [1.807, 2.05) is 13.0 Å². The van der Waals surface area contributed by atoms with Crippen molar-refractivity contribution < 1.29 is 19.1 Å². The molecule has 124 valence electrons. The van der Waals surface area contributed by atoms with Gasteiger partial charge in [0.2, 0.25) is 0 Å². The molecule has 0 aliphatic heterocycles. The lowest BCUT2D eigenvalue weighted by molar-refractivity contribution is -0.129. The summed E-state index contributed by atoms with van der Waals surface area (Å²) in [7, 11) is 0. The number of para-hydroxylation sites is 1. The van der Waals surface area contributed by atoms with Gasteiger partial charge in [-0.05, 0) is 18.6 Å². The second-order valence-corrected chi connectivity index (χ2v) is 5.16. The highest BCUT2D eigenvalue weighted by Crippen LogP contribution is 2.33. The van der Waals surface area contributed by atoms with E-state index in [9.17, 15) is 9.59 Å². The maximum Gasteiger partial charge on any atom is 0.335 e. The van der Waals surface area contributed by atoms with Gasteiger partial charge in [0.25, 0.3) is 0 Å². The van der Waals surface area contributed by atoms with Crippen LogP contribution in [0.1, 0.15) is 35.7 Å². The fourth-order valence-electron chi connectivity index (χ4n) is 2.14. The monoisotopic (exact) mass is 324 g/mol. The lowest BCUT2D eigenvalue weighted by Crippen LogP contribution is -2.10. The van der Waals surface area contributed by atoms with Gasteiger partial charge >= 0.3 is 5.97 Å². The quantitative estimate of drug-likeness (QED) is 0.240. The van der Waals surface area contributed by atoms with Crippen molar-refractivity contribution in [2.45, 2.75) is 19.8 Å². The van der Waals surface area contributed by atoms with Crippen LogP contribution in [0.4, 0.5) is 0 Å². The van der Waals surface area contributed by atoms with Gasteiger partial charge in [0.1, 0.15) is 0 Å². The lowest BCUT2D eigenvalue weighted by atomic mass is 10.0. The zero-order chi connectivity index (χ0) is 17.4. The normalized spacial score (nSPS) is 10.0. The minimum absolute atomic E-state index is 0.182. The minimum atomic E-state index is -0.598. The number of hydrogen-bond donors (Lipinski definition) is 0. The van der Waals surface area contributed by atoms with Crippen LogP contribution in [-0.4, -0.2) is 18.4 Å². The molecule has 24 heavy (non-hydrogen) atoms. The van der Waals surface area contributed by atoms with Gasteiger partial charge in [-0.2, -0.15) is 0 Å². The molecule has 0 bridgehead atoms. The number of rotatable bonds is 8. The molecule has 0 atom stereocenters. The molecule has 0 N–H and O–H groups in total. The molecule has 0 spiro atoms. The van der Waals surface area contributed by atoms with E-state index in [1.54, 1.807) is 42.5 Å². The Balaban J connectivity index is 2.41. The number of ketones is 1. The first-order valence-electron chi connectivity index (χ1n) is 7.87. The lowest BCUT2D eigenvalue weighted by Gasteiger charge is -2.14. The molecule has 0 saturated carbocycles. The molecule has 0 aliphatic carbocycles. The van der Waals surface area contributed by atoms with E-state index in [0.29, 0.717) is 17.7 Å². The van der Waals surface area contributed by atoms with Crippen molar-refractivity contribution in [3.63, 3.8) is 0 Å². The predicted octanol–water partition coefficient (Wildman–Crippen LogP) is 4.19. The summed E-state index contributed by atoms with van der Waals surface area (Å²) in [6.45, 7) is 5.87. The second kappa shape index (κ2) is 8.67. The maximum absolute atomic E-state index is 12.8. The van der Waals surface area contributed by atoms with Gasteiger partial charge in [-0.3, -0.25) is 4.79 Å². The molecule has 0 heterocycles. The SMILES string of the molecule is C=CC(=O)Oc1cccc(C(=O)c2ccccc2)c1OCCCC. The standard InChI is InChI=1S/C20H20O4/c1-3-5-14-23-20-16(19(22)15-10-7-6-8-11-15)12-9-13-17(20)24-18(21)4-2/h4,6-13H,2-3,5,14H2,1H3. The van der Waals surface area contributed by atoms with Crippen molar-refractivity contribution in [2.24, 2.45) is 0 Å². The topological polar surface area (TPSA) is 52.6 Å². The van der Waals surface area contributed by atoms with Crippen LogP contribution in [0, 0.1) is 0 Å². The van der Waals surface area contributed by atoms with Gasteiger partial charge in [0.15, 0.2) is 17.3 Å². The largest absolute Gasteiger partial charge is 0.489 e. The second-order valence-electron chi connectivity index (χ2n) is 5.16. The highest BCUT2D eigenvalue weighted by molar-refractivity contribution is 6.11. The van der Waals surface area contributed by atoms with Gasteiger partial charge in [-0.25, -0.2) is 4.79 Å². The Hall–Kier alpha value is -2.88. The first-order valence-corrected chi connectivity index (χ1v) is 7.87. The molecule has 0 amide bonds. The Labute approximate surface area is 141 Å². The van der Waals surface area contributed by atoms with Crippen molar-refractivity contribution in [3.05, 3.63) is 72.3 Å². The van der Waals surface area contributed by atoms with Gasteiger partial charge in [-0.1, -0.05) is 56.3 Å². The molecule has 2 aromatic rings. The Kier molecular flexibility index (Phi) is 6.32. The van der Waals surface area contributed by atoms with Crippen LogP contribution in [0.5, 0.6) is 11.5 Å². The summed E-state index contributed by atoms with van der Waals surface area (Å²) in [5, 5.41) is 0. The van der Waals surface area contributed by atoms with Crippen LogP contribution in [0.25, 0.3) is 0 Å². The number of esters is 1. The summed E-state index contributed by atoms with van der Waals surface area (Å²) in [6, 6.07) is 13.8. The molecule has 0 aromatic heterocycles. The predicted molar refractivity (Wildman–Crippen MR) is 92.6 cm³/mol. The summed E-state index contributed by atoms with van der Waals surface area (Å²) in [5.41, 5.74) is 0.914. The zero-order valence-corrected chi connectivity index (χ0v) is 13.7. The number of carbonyl (C=O) groups is 2. The smallest absolute Gasteiger partial charge is 0.335 e. The molecule has 2 rings (SSSR count). The van der Waals surface area contributed by atoms with Crippen LogP contribution in [0.15, 0.2) is 61.2 Å². The van der Waals surface area contributed by atoms with Crippen molar-refractivity contribution in [3.8, 4) is 11.5 Å². The summed E-state index contributed by atoms with van der Waals surface area (Å²) >= 11 is 0. The van der Waals surface area contributed by atoms with Gasteiger partial charge in [0, 0.05) is 11.6 Å². The van der Waals surface area contributed by atoms with Crippen LogP contribution < -0.4 is 9.47 Å². The van der Waals surface area contributed by atoms with E-state index < -0.39 is 5.97 Å². The molecule has 0 saturated heterocycles. The molecule has 2 aromatic carbocycles. The fraction of sp³-hybridized carbons (Fsp3) is 0.200. The first-order chi connectivity index (χ1) is 11.7. The van der Waals surface area contributed by atoms with Crippen LogP contribution in [-0.2, 0) is 4.79 Å². The Morgan fingerprint density at radius 2 is 1.83 bits per heavy atom. The Morgan fingerprint density at radius 1 is 1.08 bits per heavy atom. The molecular formula is C20H20O4. The number of unbranched alkanes of at least 4 members (excludes halogenated alkanes) is 1. The third kappa shape index (κ3) is 4.32. The van der Waals surface area contributed by atoms with E-state index in [-0.39, 0.29) is 17.3 Å². The average molecular weight is 324 g/mol. The van der Waals surface area contributed by atoms with E-state index in [0.717, 1.165) is 18.9 Å². The fourth-order valence-corrected chi connectivity index (χ4v) is 2.14. The van der Waals surface area contributed by atoms with Gasteiger partial charge in [-0.15, -0.1) is 0 Å². The maximum atomic E-state index is 12.8. The Bertz CT molecular complexity index is 720. The average Bonchev–Trinajstić information content (AvgIpc) is 2.63. The summed E-state index contributed by atoms with van der Waals surface area (Å²) in [6.07, 6.45) is 2.86. The first kappa shape index (κ1) is 17.5. The number of benzene rings is 2. The van der Waals surface area contributed by atoms with Crippen molar-refractivity contribution in [2.75, 3.05) is 6.61 Å². The highest BCUT2D eigenvalue weighted by Gasteiger charge is 2.19. The molecule has 0 aliphatic rings. The molecule has 4 nitrogen and oxygen atoms in total. The molecule has 0 fully saturated rings. The van der Waals surface area contributed by atoms with Crippen molar-refractivity contribution >= 4 is 11.8 Å². The van der Waals surface area contributed by atoms with Crippen LogP contribution in [0.3, 0.4) is 0 Å². The van der Waals surface area contributed by atoms with Gasteiger partial charge in [0.05, 0.1) is 12.2 Å². The summed E-state index contributed by atoms with van der Waals surface area (Å²) < 4.78 is 11.0. The van der Waals surface area contributed by atoms with E-state index in [2.05, 4.69) is 6.58 Å².